The molecule has 282 valence electrons. The fraction of sp³-hybridized carbons (Fsp3) is 0.193. The van der Waals surface area contributed by atoms with Crippen LogP contribution in [0.5, 0.6) is 0 Å². The van der Waals surface area contributed by atoms with Gasteiger partial charge in [0, 0.05) is 27.6 Å². The number of hydrogen-bond donors (Lipinski definition) is 0. The molecule has 8 aromatic rings. The van der Waals surface area contributed by atoms with Crippen molar-refractivity contribution in [1.82, 2.24) is 0 Å². The normalized spacial score (nSPS) is 17.7. The van der Waals surface area contributed by atoms with E-state index in [4.69, 9.17) is 0 Å². The molecule has 1 saturated carbocycles. The molecule has 1 fully saturated rings. The largest absolute Gasteiger partial charge is 0.309 e. The summed E-state index contributed by atoms with van der Waals surface area (Å²) >= 11 is 0. The molecule has 1 nitrogen and oxygen atoms in total. The first-order chi connectivity index (χ1) is 28.4. The van der Waals surface area contributed by atoms with Crippen molar-refractivity contribution in [3.8, 4) is 33.4 Å². The van der Waals surface area contributed by atoms with Gasteiger partial charge in [-0.1, -0.05) is 185 Å². The van der Waals surface area contributed by atoms with E-state index in [1.807, 2.05) is 0 Å². The second kappa shape index (κ2) is 13.5. The number of benzene rings is 8. The van der Waals surface area contributed by atoms with Crippen LogP contribution >= 0.6 is 0 Å². The summed E-state index contributed by atoms with van der Waals surface area (Å²) in [6.45, 7) is 7.21. The van der Waals surface area contributed by atoms with Crippen molar-refractivity contribution in [2.45, 2.75) is 69.6 Å². The van der Waals surface area contributed by atoms with E-state index in [0.717, 1.165) is 0 Å². The molecule has 0 heterocycles. The summed E-state index contributed by atoms with van der Waals surface area (Å²) in [5.41, 5.74) is 19.3. The number of fused-ring (bicyclic) bond motifs is 7. The Bertz CT molecular complexity index is 2870. The minimum atomic E-state index is -0.313. The molecule has 8 aromatic carbocycles. The molecule has 3 aliphatic carbocycles. The van der Waals surface area contributed by atoms with E-state index < -0.39 is 0 Å². The van der Waals surface area contributed by atoms with Crippen LogP contribution in [0, 0.1) is 0 Å². The summed E-state index contributed by atoms with van der Waals surface area (Å²) in [5, 5.41) is 2.74. The van der Waals surface area contributed by atoms with Crippen molar-refractivity contribution in [1.29, 1.82) is 0 Å². The number of nitrogens with zero attached hydrogens (tertiary/aromatic N) is 1. The number of anilines is 3. The first-order valence-corrected chi connectivity index (χ1v) is 21.4. The monoisotopic (exact) mass is 747 g/mol. The van der Waals surface area contributed by atoms with Gasteiger partial charge in [0.05, 0.1) is 11.4 Å². The average molecular weight is 748 g/mol. The van der Waals surface area contributed by atoms with Gasteiger partial charge < -0.3 is 4.90 Å². The van der Waals surface area contributed by atoms with E-state index in [9.17, 15) is 0 Å². The minimum Gasteiger partial charge on any atom is -0.309 e. The molecule has 0 spiro atoms. The lowest BCUT2D eigenvalue weighted by atomic mass is 9.74. The molecule has 0 radical (unpaired) electrons. The molecule has 3 aliphatic rings. The first kappa shape index (κ1) is 35.0. The molecule has 0 aromatic heterocycles. The molecule has 0 amide bonds. The van der Waals surface area contributed by atoms with E-state index >= 15 is 0 Å². The zero-order valence-corrected chi connectivity index (χ0v) is 33.8. The van der Waals surface area contributed by atoms with E-state index in [1.54, 1.807) is 0 Å². The van der Waals surface area contributed by atoms with Crippen LogP contribution in [0.2, 0.25) is 0 Å². The van der Waals surface area contributed by atoms with Crippen molar-refractivity contribution < 1.29 is 0 Å². The summed E-state index contributed by atoms with van der Waals surface area (Å²) in [4.78, 5) is 2.60. The van der Waals surface area contributed by atoms with E-state index in [2.05, 4.69) is 202 Å². The minimum absolute atomic E-state index is 0.122. The van der Waals surface area contributed by atoms with Crippen LogP contribution in [0.1, 0.15) is 92.2 Å². The van der Waals surface area contributed by atoms with Gasteiger partial charge in [-0.2, -0.15) is 0 Å². The Morgan fingerprint density at radius 1 is 0.448 bits per heavy atom. The molecule has 0 bridgehead atoms. The van der Waals surface area contributed by atoms with E-state index in [0.29, 0.717) is 5.92 Å². The maximum absolute atomic E-state index is 2.60. The van der Waals surface area contributed by atoms with Crippen LogP contribution in [0.3, 0.4) is 0 Å². The van der Waals surface area contributed by atoms with Crippen molar-refractivity contribution in [3.05, 3.63) is 209 Å². The Hall–Kier alpha value is -6.18. The third-order valence-electron chi connectivity index (χ3n) is 14.2. The molecule has 0 N–H and O–H groups in total. The van der Waals surface area contributed by atoms with Gasteiger partial charge in [0.1, 0.15) is 0 Å². The number of rotatable bonds is 6. The molecule has 11 rings (SSSR count). The van der Waals surface area contributed by atoms with Crippen LogP contribution in [-0.4, -0.2) is 0 Å². The van der Waals surface area contributed by atoms with Crippen LogP contribution < -0.4 is 4.90 Å². The maximum atomic E-state index is 2.60. The maximum Gasteiger partial charge on any atom is 0.0543 e. The number of para-hydroxylation sites is 1. The molecule has 0 aliphatic heterocycles. The van der Waals surface area contributed by atoms with Crippen molar-refractivity contribution in [2.75, 3.05) is 4.90 Å². The van der Waals surface area contributed by atoms with Gasteiger partial charge in [0.15, 0.2) is 0 Å². The van der Waals surface area contributed by atoms with Crippen molar-refractivity contribution in [3.63, 3.8) is 0 Å². The summed E-state index contributed by atoms with van der Waals surface area (Å²) < 4.78 is 0. The highest BCUT2D eigenvalue weighted by Crippen LogP contribution is 2.58. The lowest BCUT2D eigenvalue weighted by molar-refractivity contribution is 0.445. The summed E-state index contributed by atoms with van der Waals surface area (Å²) in [7, 11) is 0. The zero-order chi connectivity index (χ0) is 39.0. The predicted molar refractivity (Wildman–Crippen MR) is 245 cm³/mol. The Balaban J connectivity index is 1.20. The van der Waals surface area contributed by atoms with Gasteiger partial charge in [0.25, 0.3) is 0 Å². The quantitative estimate of drug-likeness (QED) is 0.164. The lowest BCUT2D eigenvalue weighted by Crippen LogP contribution is -2.23. The smallest absolute Gasteiger partial charge is 0.0543 e. The van der Waals surface area contributed by atoms with Gasteiger partial charge in [-0.25, -0.2) is 0 Å². The molecular formula is C57H49N. The van der Waals surface area contributed by atoms with E-state index in [1.165, 1.54) is 127 Å². The van der Waals surface area contributed by atoms with Crippen LogP contribution in [0.25, 0.3) is 44.2 Å². The average Bonchev–Trinajstić information content (AvgIpc) is 3.68. The standard InChI is InChI=1S/C57H49N/c1-56(2)48-30-13-11-27-47(48)55-50(56)32-18-34-53(55)58(41-35-36-44-43-25-10-14-31-49(43)57(3,51(44)37-41)40-23-8-5-9-24-40)52-33-15-12-26-45(52)46-29-17-22-39-21-16-28-42(54(39)46)38-19-6-4-7-20-38/h5,8-18,21-38H,4,6-7,19-20H2,1-3H3. The Kier molecular flexibility index (Phi) is 8.12. The molecule has 0 saturated heterocycles. The van der Waals surface area contributed by atoms with Crippen molar-refractivity contribution >= 4 is 27.8 Å². The lowest BCUT2D eigenvalue weighted by Gasteiger charge is -2.33. The topological polar surface area (TPSA) is 3.24 Å². The Morgan fingerprint density at radius 2 is 1.05 bits per heavy atom. The molecule has 58 heavy (non-hydrogen) atoms. The summed E-state index contributed by atoms with van der Waals surface area (Å²) in [5.74, 6) is 0.590. The van der Waals surface area contributed by atoms with Gasteiger partial charge in [-0.3, -0.25) is 0 Å². The highest BCUT2D eigenvalue weighted by molar-refractivity contribution is 6.05. The summed E-state index contributed by atoms with van der Waals surface area (Å²) in [6.07, 6.45) is 6.51. The van der Waals surface area contributed by atoms with Gasteiger partial charge in [-0.15, -0.1) is 0 Å². The Morgan fingerprint density at radius 3 is 1.86 bits per heavy atom. The summed E-state index contributed by atoms with van der Waals surface area (Å²) in [6, 6.07) is 66.7. The number of hydrogen-bond acceptors (Lipinski definition) is 1. The van der Waals surface area contributed by atoms with E-state index in [-0.39, 0.29) is 10.8 Å². The van der Waals surface area contributed by atoms with Gasteiger partial charge in [-0.05, 0) is 116 Å². The fourth-order valence-electron chi connectivity index (χ4n) is 11.3. The fourth-order valence-corrected chi connectivity index (χ4v) is 11.3. The molecule has 1 unspecified atom stereocenters. The molecule has 1 heteroatoms. The van der Waals surface area contributed by atoms with Crippen LogP contribution in [-0.2, 0) is 10.8 Å². The highest BCUT2D eigenvalue weighted by Gasteiger charge is 2.42. The van der Waals surface area contributed by atoms with Gasteiger partial charge in [0.2, 0.25) is 0 Å². The predicted octanol–water partition coefficient (Wildman–Crippen LogP) is 15.7. The second-order valence-corrected chi connectivity index (χ2v) is 17.6. The zero-order valence-electron chi connectivity index (χ0n) is 33.8. The molecule has 1 atom stereocenters. The van der Waals surface area contributed by atoms with Crippen molar-refractivity contribution in [2.24, 2.45) is 0 Å². The first-order valence-electron chi connectivity index (χ1n) is 21.4. The highest BCUT2D eigenvalue weighted by atomic mass is 15.1. The van der Waals surface area contributed by atoms with Gasteiger partial charge >= 0.3 is 0 Å². The Labute approximate surface area is 343 Å². The molecular weight excluding hydrogens is 699 g/mol. The second-order valence-electron chi connectivity index (χ2n) is 17.6. The SMILES string of the molecule is CC1(C)c2ccccc2-c2c(N(c3ccc4c(c3)C(C)(c3ccccc3)c3ccccc3-4)c3ccccc3-c3cccc4cccc(C5CCCCC5)c34)cccc21. The third-order valence-corrected chi connectivity index (χ3v) is 14.2. The van der Waals surface area contributed by atoms with Crippen LogP contribution in [0.15, 0.2) is 176 Å². The third kappa shape index (κ3) is 5.15. The van der Waals surface area contributed by atoms with Crippen LogP contribution in [0.4, 0.5) is 17.1 Å².